The van der Waals surface area contributed by atoms with Crippen LogP contribution >= 0.6 is 0 Å². The third kappa shape index (κ3) is 4.74. The zero-order chi connectivity index (χ0) is 18.6. The number of carbonyl (C=O) groups is 1. The number of nitrogens with zero attached hydrogens (tertiary/aromatic N) is 2. The number of methoxy groups -OCH3 is 1. The van der Waals surface area contributed by atoms with Crippen molar-refractivity contribution in [3.8, 4) is 11.4 Å². The van der Waals surface area contributed by atoms with Gasteiger partial charge in [-0.05, 0) is 30.5 Å². The predicted octanol–water partition coefficient (Wildman–Crippen LogP) is 3.68. The van der Waals surface area contributed by atoms with Crippen molar-refractivity contribution in [1.82, 2.24) is 15.1 Å². The predicted molar refractivity (Wildman–Crippen MR) is 86.9 cm³/mol. The summed E-state index contributed by atoms with van der Waals surface area (Å²) in [5, 5.41) is 6.82. The maximum absolute atomic E-state index is 12.8. The lowest BCUT2D eigenvalue weighted by Gasteiger charge is -2.08. The summed E-state index contributed by atoms with van der Waals surface area (Å²) in [4.78, 5) is 12.2. The third-order valence-corrected chi connectivity index (χ3v) is 3.56. The quantitative estimate of drug-likeness (QED) is 0.860. The summed E-state index contributed by atoms with van der Waals surface area (Å²) in [6.45, 7) is 4.56. The molecule has 0 aliphatic carbocycles. The fourth-order valence-corrected chi connectivity index (χ4v) is 2.18. The minimum absolute atomic E-state index is 0.0312. The molecule has 1 amide bonds. The minimum atomic E-state index is -4.45. The molecule has 0 unspecified atom stereocenters. The van der Waals surface area contributed by atoms with Crippen LogP contribution in [-0.2, 0) is 6.18 Å². The first-order valence-corrected chi connectivity index (χ1v) is 7.82. The number of nitrogens with one attached hydrogen (secondary N) is 1. The van der Waals surface area contributed by atoms with E-state index in [2.05, 4.69) is 10.4 Å². The van der Waals surface area contributed by atoms with E-state index in [-0.39, 0.29) is 17.1 Å². The number of ether oxygens (including phenoxy) is 1. The van der Waals surface area contributed by atoms with Crippen LogP contribution in [0.1, 0.15) is 36.3 Å². The van der Waals surface area contributed by atoms with Gasteiger partial charge in [-0.15, -0.1) is 0 Å². The molecule has 25 heavy (non-hydrogen) atoms. The molecule has 0 spiro atoms. The minimum Gasteiger partial charge on any atom is -0.493 e. The van der Waals surface area contributed by atoms with Crippen molar-refractivity contribution >= 4 is 5.91 Å². The smallest absolute Gasteiger partial charge is 0.416 e. The molecule has 0 aliphatic heterocycles. The van der Waals surface area contributed by atoms with E-state index in [1.54, 1.807) is 0 Å². The topological polar surface area (TPSA) is 56.2 Å². The van der Waals surface area contributed by atoms with Crippen LogP contribution in [0.25, 0.3) is 5.69 Å². The van der Waals surface area contributed by atoms with E-state index in [1.165, 1.54) is 30.1 Å². The van der Waals surface area contributed by atoms with E-state index in [1.807, 2.05) is 13.8 Å². The first kappa shape index (κ1) is 18.8. The fourth-order valence-electron chi connectivity index (χ4n) is 2.18. The van der Waals surface area contributed by atoms with Gasteiger partial charge in [0.05, 0.1) is 24.6 Å². The molecule has 136 valence electrons. The highest BCUT2D eigenvalue weighted by atomic mass is 19.4. The number of amides is 1. The summed E-state index contributed by atoms with van der Waals surface area (Å²) in [7, 11) is 1.37. The number of carbonyl (C=O) groups excluding carboxylic acids is 1. The van der Waals surface area contributed by atoms with Crippen LogP contribution in [0.2, 0.25) is 0 Å². The van der Waals surface area contributed by atoms with Gasteiger partial charge in [0.1, 0.15) is 0 Å². The summed E-state index contributed by atoms with van der Waals surface area (Å²) >= 11 is 0. The summed E-state index contributed by atoms with van der Waals surface area (Å²) in [5.41, 5.74) is -0.569. The third-order valence-electron chi connectivity index (χ3n) is 3.56. The number of alkyl halides is 3. The molecule has 2 rings (SSSR count). The number of benzene rings is 1. The van der Waals surface area contributed by atoms with Crippen LogP contribution in [0.5, 0.6) is 5.75 Å². The average molecular weight is 355 g/mol. The number of aromatic nitrogens is 2. The molecule has 1 aromatic carbocycles. The van der Waals surface area contributed by atoms with E-state index in [0.717, 1.165) is 18.6 Å². The van der Waals surface area contributed by atoms with Gasteiger partial charge in [0.2, 0.25) is 0 Å². The van der Waals surface area contributed by atoms with Crippen LogP contribution in [0, 0.1) is 5.92 Å². The standard InChI is InChI=1S/C17H20F3N3O2/c1-11(2)7-8-21-16(24)15-14(25-3)10-23(22-15)13-6-4-5-12(9-13)17(18,19)20/h4-6,9-11H,7-8H2,1-3H3,(H,21,24). The Hall–Kier alpha value is -2.51. The van der Waals surface area contributed by atoms with Crippen LogP contribution in [0.15, 0.2) is 30.5 Å². The van der Waals surface area contributed by atoms with Gasteiger partial charge >= 0.3 is 6.18 Å². The van der Waals surface area contributed by atoms with Gasteiger partial charge in [0.25, 0.3) is 5.91 Å². The zero-order valence-corrected chi connectivity index (χ0v) is 14.2. The van der Waals surface area contributed by atoms with Crippen molar-refractivity contribution in [2.75, 3.05) is 13.7 Å². The lowest BCUT2D eigenvalue weighted by molar-refractivity contribution is -0.137. The molecular formula is C17H20F3N3O2. The van der Waals surface area contributed by atoms with Crippen LogP contribution in [0.4, 0.5) is 13.2 Å². The fraction of sp³-hybridized carbons (Fsp3) is 0.412. The number of hydrogen-bond acceptors (Lipinski definition) is 3. The number of halogens is 3. The van der Waals surface area contributed by atoms with Gasteiger partial charge < -0.3 is 10.1 Å². The number of rotatable bonds is 6. The summed E-state index contributed by atoms with van der Waals surface area (Å²) in [6.07, 6.45) is -2.26. The highest BCUT2D eigenvalue weighted by Gasteiger charge is 2.30. The molecule has 0 saturated heterocycles. The van der Waals surface area contributed by atoms with E-state index in [0.29, 0.717) is 12.5 Å². The van der Waals surface area contributed by atoms with Crippen LogP contribution < -0.4 is 10.1 Å². The summed E-state index contributed by atoms with van der Waals surface area (Å²) < 4.78 is 44.9. The molecule has 0 bridgehead atoms. The molecule has 0 saturated carbocycles. The molecule has 2 aromatic rings. The van der Waals surface area contributed by atoms with Crippen molar-refractivity contribution in [3.05, 3.63) is 41.7 Å². The molecule has 0 radical (unpaired) electrons. The molecule has 1 N–H and O–H groups in total. The van der Waals surface area contributed by atoms with E-state index in [4.69, 9.17) is 4.74 Å². The first-order valence-electron chi connectivity index (χ1n) is 7.82. The second-order valence-corrected chi connectivity index (χ2v) is 5.98. The molecular weight excluding hydrogens is 335 g/mol. The normalized spacial score (nSPS) is 11.6. The Morgan fingerprint density at radius 3 is 2.68 bits per heavy atom. The summed E-state index contributed by atoms with van der Waals surface area (Å²) in [6, 6.07) is 4.70. The van der Waals surface area contributed by atoms with Gasteiger partial charge in [-0.2, -0.15) is 18.3 Å². The summed E-state index contributed by atoms with van der Waals surface area (Å²) in [5.74, 6) is 0.201. The largest absolute Gasteiger partial charge is 0.493 e. The second-order valence-electron chi connectivity index (χ2n) is 5.98. The Morgan fingerprint density at radius 2 is 2.08 bits per heavy atom. The van der Waals surface area contributed by atoms with E-state index in [9.17, 15) is 18.0 Å². The van der Waals surface area contributed by atoms with Crippen molar-refractivity contribution < 1.29 is 22.7 Å². The Labute approximate surface area is 143 Å². The Bertz CT molecular complexity index is 739. The SMILES string of the molecule is COc1cn(-c2cccc(C(F)(F)F)c2)nc1C(=O)NCCC(C)C. The monoisotopic (exact) mass is 355 g/mol. The van der Waals surface area contributed by atoms with Gasteiger partial charge in [-0.3, -0.25) is 4.79 Å². The lowest BCUT2D eigenvalue weighted by Crippen LogP contribution is -2.26. The molecule has 5 nitrogen and oxygen atoms in total. The van der Waals surface area contributed by atoms with Crippen molar-refractivity contribution in [2.24, 2.45) is 5.92 Å². The Kier molecular flexibility index (Phi) is 5.71. The van der Waals surface area contributed by atoms with Crippen molar-refractivity contribution in [2.45, 2.75) is 26.4 Å². The molecule has 0 fully saturated rings. The average Bonchev–Trinajstić information content (AvgIpc) is 2.98. The van der Waals surface area contributed by atoms with Gasteiger partial charge in [-0.1, -0.05) is 19.9 Å². The van der Waals surface area contributed by atoms with E-state index >= 15 is 0 Å². The molecule has 1 heterocycles. The van der Waals surface area contributed by atoms with Crippen molar-refractivity contribution in [3.63, 3.8) is 0 Å². The van der Waals surface area contributed by atoms with Gasteiger partial charge in [0.15, 0.2) is 11.4 Å². The Morgan fingerprint density at radius 1 is 1.36 bits per heavy atom. The van der Waals surface area contributed by atoms with Crippen LogP contribution in [0.3, 0.4) is 0 Å². The van der Waals surface area contributed by atoms with E-state index < -0.39 is 17.6 Å². The Balaban J connectivity index is 2.27. The number of hydrogen-bond donors (Lipinski definition) is 1. The molecule has 1 aromatic heterocycles. The van der Waals surface area contributed by atoms with Gasteiger partial charge in [-0.25, -0.2) is 4.68 Å². The lowest BCUT2D eigenvalue weighted by atomic mass is 10.1. The molecule has 0 atom stereocenters. The van der Waals surface area contributed by atoms with Crippen LogP contribution in [-0.4, -0.2) is 29.3 Å². The second kappa shape index (κ2) is 7.58. The zero-order valence-electron chi connectivity index (χ0n) is 14.2. The maximum Gasteiger partial charge on any atom is 0.416 e. The first-order chi connectivity index (χ1) is 11.7. The highest BCUT2D eigenvalue weighted by Crippen LogP contribution is 2.30. The van der Waals surface area contributed by atoms with Gasteiger partial charge in [0, 0.05) is 6.54 Å². The highest BCUT2D eigenvalue weighted by molar-refractivity contribution is 5.94. The van der Waals surface area contributed by atoms with Crippen molar-refractivity contribution in [1.29, 1.82) is 0 Å². The maximum atomic E-state index is 12.8. The molecule has 0 aliphatic rings. The molecule has 8 heteroatoms.